The van der Waals surface area contributed by atoms with Crippen LogP contribution in [0.1, 0.15) is 31.2 Å². The van der Waals surface area contributed by atoms with E-state index < -0.39 is 5.82 Å². The van der Waals surface area contributed by atoms with E-state index in [1.165, 1.54) is 25.7 Å². The molecule has 0 atom stereocenters. The lowest BCUT2D eigenvalue weighted by molar-refractivity contribution is 0.489. The molecule has 0 amide bonds. The maximum atomic E-state index is 15.8. The first-order chi connectivity index (χ1) is 16.3. The summed E-state index contributed by atoms with van der Waals surface area (Å²) < 4.78 is 15.8. The molecule has 1 aliphatic carbocycles. The Balaban J connectivity index is 1.32. The van der Waals surface area contributed by atoms with E-state index in [1.54, 1.807) is 18.6 Å². The van der Waals surface area contributed by atoms with Gasteiger partial charge in [0.1, 0.15) is 11.4 Å². The molecule has 1 saturated carbocycles. The van der Waals surface area contributed by atoms with Crippen molar-refractivity contribution in [1.29, 1.82) is 0 Å². The van der Waals surface area contributed by atoms with E-state index in [-0.39, 0.29) is 5.69 Å². The third-order valence-electron chi connectivity index (χ3n) is 6.33. The second-order valence-corrected chi connectivity index (χ2v) is 8.60. The predicted octanol–water partition coefficient (Wildman–Crippen LogP) is 4.38. The number of hydrogen-bond acceptors (Lipinski definition) is 6. The van der Waals surface area contributed by atoms with E-state index in [4.69, 9.17) is 0 Å². The van der Waals surface area contributed by atoms with Crippen LogP contribution in [0.2, 0.25) is 0 Å². The molecule has 0 unspecified atom stereocenters. The number of halogens is 1. The number of hydrogen-bond donors (Lipinski definition) is 3. The number of nitrogens with one attached hydrogen (secondary N) is 3. The second kappa shape index (κ2) is 8.32. The van der Waals surface area contributed by atoms with Gasteiger partial charge in [-0.15, -0.1) is 0 Å². The summed E-state index contributed by atoms with van der Waals surface area (Å²) in [6.07, 6.45) is 12.0. The minimum atomic E-state index is -0.456. The fourth-order valence-corrected chi connectivity index (χ4v) is 4.65. The van der Waals surface area contributed by atoms with Crippen LogP contribution in [0.3, 0.4) is 0 Å². The van der Waals surface area contributed by atoms with E-state index in [0.717, 1.165) is 23.5 Å². The van der Waals surface area contributed by atoms with Crippen molar-refractivity contribution in [3.63, 3.8) is 0 Å². The maximum absolute atomic E-state index is 15.8. The molecule has 5 heterocycles. The number of H-pyrrole nitrogens is 2. The van der Waals surface area contributed by atoms with Crippen molar-refractivity contribution in [2.75, 3.05) is 6.54 Å². The molecule has 1 aliphatic rings. The first-order valence-electron chi connectivity index (χ1n) is 11.2. The number of rotatable bonds is 6. The normalized spacial score (nSPS) is 14.6. The van der Waals surface area contributed by atoms with Gasteiger partial charge in [-0.1, -0.05) is 12.8 Å². The summed E-state index contributed by atoms with van der Waals surface area (Å²) in [4.78, 5) is 20.6. The zero-order valence-electron chi connectivity index (χ0n) is 18.0. The Kier molecular flexibility index (Phi) is 5.03. The molecule has 0 spiro atoms. The first kappa shape index (κ1) is 19.9. The molecule has 5 aromatic heterocycles. The number of nitrogens with zero attached hydrogens (tertiary/aromatic N) is 5. The molecule has 1 fully saturated rings. The summed E-state index contributed by atoms with van der Waals surface area (Å²) in [6, 6.07) is 5.63. The monoisotopic (exact) mass is 442 g/mol. The summed E-state index contributed by atoms with van der Waals surface area (Å²) >= 11 is 0. The summed E-state index contributed by atoms with van der Waals surface area (Å²) in [5, 5.41) is 11.0. The smallest absolute Gasteiger partial charge is 0.178 e. The van der Waals surface area contributed by atoms with Crippen LogP contribution in [-0.2, 0) is 6.54 Å². The number of aromatic amines is 2. The van der Waals surface area contributed by atoms with E-state index in [0.29, 0.717) is 40.2 Å². The lowest BCUT2D eigenvalue weighted by Gasteiger charge is -2.11. The SMILES string of the molecule is Fc1c(-c2cncc(CNCC3CCCC3)c2)ncc2[nH]nc(-c3nc4ncccc4[nH]3)c12. The van der Waals surface area contributed by atoms with Crippen molar-refractivity contribution >= 4 is 22.1 Å². The van der Waals surface area contributed by atoms with Gasteiger partial charge in [0.25, 0.3) is 0 Å². The molecular weight excluding hydrogens is 419 g/mol. The zero-order chi connectivity index (χ0) is 22.2. The molecule has 166 valence electrons. The quantitative estimate of drug-likeness (QED) is 0.360. The molecule has 5 aromatic rings. The van der Waals surface area contributed by atoms with E-state index >= 15 is 4.39 Å². The van der Waals surface area contributed by atoms with Crippen LogP contribution in [0.25, 0.3) is 44.8 Å². The first-order valence-corrected chi connectivity index (χ1v) is 11.2. The van der Waals surface area contributed by atoms with E-state index in [2.05, 4.69) is 40.4 Å². The van der Waals surface area contributed by atoms with Crippen molar-refractivity contribution in [1.82, 2.24) is 40.4 Å². The van der Waals surface area contributed by atoms with Crippen molar-refractivity contribution in [2.24, 2.45) is 5.92 Å². The number of aromatic nitrogens is 7. The van der Waals surface area contributed by atoms with Gasteiger partial charge in [-0.2, -0.15) is 5.10 Å². The van der Waals surface area contributed by atoms with Gasteiger partial charge in [0.15, 0.2) is 17.3 Å². The second-order valence-electron chi connectivity index (χ2n) is 8.60. The van der Waals surface area contributed by atoms with Crippen molar-refractivity contribution in [3.05, 3.63) is 54.4 Å². The summed E-state index contributed by atoms with van der Waals surface area (Å²) in [7, 11) is 0. The minimum absolute atomic E-state index is 0.240. The van der Waals surface area contributed by atoms with Crippen LogP contribution in [0, 0.1) is 11.7 Å². The fraction of sp³-hybridized carbons (Fsp3) is 0.292. The average molecular weight is 443 g/mol. The van der Waals surface area contributed by atoms with Crippen molar-refractivity contribution < 1.29 is 4.39 Å². The highest BCUT2D eigenvalue weighted by Gasteiger charge is 2.21. The van der Waals surface area contributed by atoms with Crippen LogP contribution in [0.5, 0.6) is 0 Å². The molecule has 3 N–H and O–H groups in total. The third-order valence-corrected chi connectivity index (χ3v) is 6.33. The molecular formula is C24H23FN8. The molecule has 9 heteroatoms. The van der Waals surface area contributed by atoms with Crippen molar-refractivity contribution in [3.8, 4) is 22.8 Å². The third kappa shape index (κ3) is 3.74. The van der Waals surface area contributed by atoms with Crippen LogP contribution in [-0.4, -0.2) is 41.7 Å². The topological polar surface area (TPSA) is 108 Å². The highest BCUT2D eigenvalue weighted by Crippen LogP contribution is 2.32. The highest BCUT2D eigenvalue weighted by molar-refractivity contribution is 5.94. The summed E-state index contributed by atoms with van der Waals surface area (Å²) in [5.74, 6) is 0.757. The number of pyridine rings is 3. The largest absolute Gasteiger partial charge is 0.335 e. The Morgan fingerprint density at radius 2 is 1.97 bits per heavy atom. The average Bonchev–Trinajstić information content (AvgIpc) is 3.59. The predicted molar refractivity (Wildman–Crippen MR) is 124 cm³/mol. The zero-order valence-corrected chi connectivity index (χ0v) is 18.0. The summed E-state index contributed by atoms with van der Waals surface area (Å²) in [5.41, 5.74) is 4.09. The maximum Gasteiger partial charge on any atom is 0.178 e. The van der Waals surface area contributed by atoms with Crippen LogP contribution in [0.15, 0.2) is 43.0 Å². The van der Waals surface area contributed by atoms with E-state index in [1.807, 2.05) is 24.4 Å². The molecule has 0 aliphatic heterocycles. The van der Waals surface area contributed by atoms with Gasteiger partial charge in [-0.3, -0.25) is 15.1 Å². The Bertz CT molecular complexity index is 1400. The number of fused-ring (bicyclic) bond motifs is 2. The van der Waals surface area contributed by atoms with Crippen LogP contribution >= 0.6 is 0 Å². The Morgan fingerprint density at radius 1 is 1.06 bits per heavy atom. The van der Waals surface area contributed by atoms with Gasteiger partial charge in [0.05, 0.1) is 22.6 Å². The lowest BCUT2D eigenvalue weighted by Crippen LogP contribution is -2.20. The molecule has 0 radical (unpaired) electrons. The lowest BCUT2D eigenvalue weighted by atomic mass is 10.1. The molecule has 0 bridgehead atoms. The van der Waals surface area contributed by atoms with Gasteiger partial charge in [0, 0.05) is 30.7 Å². The van der Waals surface area contributed by atoms with Gasteiger partial charge in [-0.25, -0.2) is 14.4 Å². The Hall–Kier alpha value is -3.72. The molecule has 0 aromatic carbocycles. The van der Waals surface area contributed by atoms with Crippen LogP contribution in [0.4, 0.5) is 4.39 Å². The highest BCUT2D eigenvalue weighted by atomic mass is 19.1. The number of imidazole rings is 1. The van der Waals surface area contributed by atoms with Gasteiger partial charge in [-0.05, 0) is 49.1 Å². The molecule has 8 nitrogen and oxygen atoms in total. The molecule has 6 rings (SSSR count). The van der Waals surface area contributed by atoms with Crippen LogP contribution < -0.4 is 5.32 Å². The van der Waals surface area contributed by atoms with Crippen molar-refractivity contribution in [2.45, 2.75) is 32.2 Å². The molecule has 33 heavy (non-hydrogen) atoms. The van der Waals surface area contributed by atoms with Gasteiger partial charge >= 0.3 is 0 Å². The summed E-state index contributed by atoms with van der Waals surface area (Å²) in [6.45, 7) is 1.71. The Morgan fingerprint density at radius 3 is 2.85 bits per heavy atom. The Labute approximate surface area is 189 Å². The standard InChI is InChI=1S/C24H23FN8/c25-20-19-18(32-33-22(19)24-30-17-6-3-7-28-23(17)31-24)13-29-21(20)16-8-15(11-27-12-16)10-26-9-14-4-1-2-5-14/h3,6-8,11-14,26H,1-2,4-5,9-10H2,(H,32,33)(H,28,30,31). The van der Waals surface area contributed by atoms with Gasteiger partial charge < -0.3 is 10.3 Å². The fourth-order valence-electron chi connectivity index (χ4n) is 4.65. The molecule has 0 saturated heterocycles. The minimum Gasteiger partial charge on any atom is -0.335 e. The van der Waals surface area contributed by atoms with E-state index in [9.17, 15) is 0 Å². The van der Waals surface area contributed by atoms with Gasteiger partial charge in [0.2, 0.25) is 0 Å².